The number of rotatable bonds is 7. The van der Waals surface area contributed by atoms with Crippen molar-refractivity contribution in [1.29, 1.82) is 0 Å². The van der Waals surface area contributed by atoms with Crippen molar-refractivity contribution in [2.45, 2.75) is 16.4 Å². The van der Waals surface area contributed by atoms with Crippen molar-refractivity contribution in [3.05, 3.63) is 54.1 Å². The average molecular weight is 427 g/mol. The van der Waals surface area contributed by atoms with Gasteiger partial charge in [0.2, 0.25) is 10.0 Å². The lowest BCUT2D eigenvalue weighted by atomic mass is 10.2. The molecule has 0 aromatic heterocycles. The summed E-state index contributed by atoms with van der Waals surface area (Å²) in [6, 6.07) is 12.1. The Kier molecular flexibility index (Phi) is 6.36. The number of anilines is 1. The summed E-state index contributed by atoms with van der Waals surface area (Å²) in [4.78, 5) is 0.0220. The van der Waals surface area contributed by atoms with E-state index in [-0.39, 0.29) is 29.5 Å². The molecule has 0 unspecified atom stereocenters. The monoisotopic (exact) mass is 426 g/mol. The number of benzene rings is 2. The predicted molar refractivity (Wildman–Crippen MR) is 104 cm³/mol. The van der Waals surface area contributed by atoms with Gasteiger partial charge in [0.15, 0.2) is 0 Å². The van der Waals surface area contributed by atoms with Crippen molar-refractivity contribution >= 4 is 25.7 Å². The lowest BCUT2D eigenvalue weighted by Gasteiger charge is -2.26. The first kappa shape index (κ1) is 20.7. The Morgan fingerprint density at radius 1 is 0.964 bits per heavy atom. The van der Waals surface area contributed by atoms with Crippen molar-refractivity contribution in [3.63, 3.8) is 0 Å². The van der Waals surface area contributed by atoms with Crippen LogP contribution >= 0.6 is 0 Å². The standard InChI is InChI=1S/C18H22N2O6S2/c1-25-14-15-4-2-3-5-18(15)19-27(21,22)16-6-8-17(9-7-16)28(23,24)20-10-12-26-13-11-20/h2-9,19H,10-14H2,1H3. The van der Waals surface area contributed by atoms with Crippen LogP contribution in [0.25, 0.3) is 0 Å². The molecule has 1 aliphatic rings. The first-order chi connectivity index (χ1) is 13.3. The van der Waals surface area contributed by atoms with Crippen molar-refractivity contribution in [3.8, 4) is 0 Å². The van der Waals surface area contributed by atoms with Crippen molar-refractivity contribution < 1.29 is 26.3 Å². The van der Waals surface area contributed by atoms with Gasteiger partial charge in [-0.2, -0.15) is 4.31 Å². The van der Waals surface area contributed by atoms with Gasteiger partial charge in [-0.15, -0.1) is 0 Å². The van der Waals surface area contributed by atoms with Gasteiger partial charge in [-0.1, -0.05) is 18.2 Å². The molecule has 152 valence electrons. The van der Waals surface area contributed by atoms with E-state index >= 15 is 0 Å². The number of nitrogens with zero attached hydrogens (tertiary/aromatic N) is 1. The summed E-state index contributed by atoms with van der Waals surface area (Å²) in [7, 11) is -6.02. The second kappa shape index (κ2) is 8.58. The Hall–Kier alpha value is -1.98. The van der Waals surface area contributed by atoms with Crippen LogP contribution in [-0.4, -0.2) is 54.6 Å². The highest BCUT2D eigenvalue weighted by atomic mass is 32.2. The first-order valence-electron chi connectivity index (χ1n) is 8.62. The minimum atomic E-state index is -3.88. The lowest BCUT2D eigenvalue weighted by Crippen LogP contribution is -2.40. The summed E-state index contributed by atoms with van der Waals surface area (Å²) in [6.45, 7) is 1.50. The van der Waals surface area contributed by atoms with Crippen molar-refractivity contribution in [2.75, 3.05) is 38.1 Å². The largest absolute Gasteiger partial charge is 0.380 e. The van der Waals surface area contributed by atoms with Gasteiger partial charge in [-0.3, -0.25) is 4.72 Å². The van der Waals surface area contributed by atoms with Crippen LogP contribution in [0.2, 0.25) is 0 Å². The molecule has 0 spiro atoms. The van der Waals surface area contributed by atoms with Crippen LogP contribution in [0.15, 0.2) is 58.3 Å². The maximum atomic E-state index is 12.7. The summed E-state index contributed by atoms with van der Waals surface area (Å²) in [5.41, 5.74) is 1.11. The number of nitrogens with one attached hydrogen (secondary N) is 1. The number of ether oxygens (including phenoxy) is 2. The van der Waals surface area contributed by atoms with Gasteiger partial charge in [0, 0.05) is 25.8 Å². The third-order valence-corrected chi connectivity index (χ3v) is 7.60. The molecule has 0 atom stereocenters. The molecule has 1 aliphatic heterocycles. The Morgan fingerprint density at radius 3 is 2.21 bits per heavy atom. The number of sulfonamides is 2. The molecular formula is C18H22N2O6S2. The number of para-hydroxylation sites is 1. The van der Waals surface area contributed by atoms with E-state index in [4.69, 9.17) is 9.47 Å². The minimum absolute atomic E-state index is 0.0272. The fraction of sp³-hybridized carbons (Fsp3) is 0.333. The summed E-state index contributed by atoms with van der Waals surface area (Å²) < 4.78 is 64.8. The van der Waals surface area contributed by atoms with E-state index in [0.29, 0.717) is 24.5 Å². The van der Waals surface area contributed by atoms with Crippen LogP contribution in [0.5, 0.6) is 0 Å². The van der Waals surface area contributed by atoms with Crippen molar-refractivity contribution in [1.82, 2.24) is 4.31 Å². The fourth-order valence-corrected chi connectivity index (χ4v) is 5.34. The van der Waals surface area contributed by atoms with E-state index in [2.05, 4.69) is 4.72 Å². The second-order valence-corrected chi connectivity index (χ2v) is 9.80. The molecule has 1 heterocycles. The Labute approximate surface area is 165 Å². The van der Waals surface area contributed by atoms with Gasteiger partial charge in [-0.25, -0.2) is 16.8 Å². The topological polar surface area (TPSA) is 102 Å². The molecule has 1 saturated heterocycles. The van der Waals surface area contributed by atoms with Crippen LogP contribution in [-0.2, 0) is 36.1 Å². The maximum absolute atomic E-state index is 12.7. The molecule has 0 bridgehead atoms. The molecule has 0 amide bonds. The van der Waals surface area contributed by atoms with Gasteiger partial charge in [0.1, 0.15) is 0 Å². The molecule has 1 N–H and O–H groups in total. The normalized spacial score (nSPS) is 16.0. The van der Waals surface area contributed by atoms with E-state index in [9.17, 15) is 16.8 Å². The van der Waals surface area contributed by atoms with E-state index < -0.39 is 20.0 Å². The lowest BCUT2D eigenvalue weighted by molar-refractivity contribution is 0.0730. The molecule has 0 aliphatic carbocycles. The quantitative estimate of drug-likeness (QED) is 0.722. The zero-order chi connectivity index (χ0) is 20.2. The molecule has 2 aromatic rings. The van der Waals surface area contributed by atoms with Gasteiger partial charge >= 0.3 is 0 Å². The Balaban J connectivity index is 1.82. The molecule has 2 aromatic carbocycles. The molecule has 3 rings (SSSR count). The summed E-state index contributed by atoms with van der Waals surface area (Å²) in [6.07, 6.45) is 0. The van der Waals surface area contributed by atoms with Crippen LogP contribution in [0, 0.1) is 0 Å². The molecule has 28 heavy (non-hydrogen) atoms. The van der Waals surface area contributed by atoms with E-state index in [1.807, 2.05) is 0 Å². The smallest absolute Gasteiger partial charge is 0.261 e. The van der Waals surface area contributed by atoms with Crippen LogP contribution in [0.3, 0.4) is 0 Å². The van der Waals surface area contributed by atoms with Gasteiger partial charge < -0.3 is 9.47 Å². The van der Waals surface area contributed by atoms with Crippen LogP contribution < -0.4 is 4.72 Å². The van der Waals surface area contributed by atoms with Gasteiger partial charge in [0.05, 0.1) is 35.3 Å². The fourth-order valence-electron chi connectivity index (χ4n) is 2.83. The second-order valence-electron chi connectivity index (χ2n) is 6.18. The van der Waals surface area contributed by atoms with Gasteiger partial charge in [-0.05, 0) is 30.3 Å². The zero-order valence-electron chi connectivity index (χ0n) is 15.4. The molecule has 0 saturated carbocycles. The SMILES string of the molecule is COCc1ccccc1NS(=O)(=O)c1ccc(S(=O)(=O)N2CCOCC2)cc1. The van der Waals surface area contributed by atoms with Crippen molar-refractivity contribution in [2.24, 2.45) is 0 Å². The van der Waals surface area contributed by atoms with E-state index in [0.717, 1.165) is 0 Å². The highest BCUT2D eigenvalue weighted by Crippen LogP contribution is 2.23. The number of hydrogen-bond acceptors (Lipinski definition) is 6. The van der Waals surface area contributed by atoms with E-state index in [1.54, 1.807) is 24.3 Å². The predicted octanol–water partition coefficient (Wildman–Crippen LogP) is 1.65. The third kappa shape index (κ3) is 4.53. The van der Waals surface area contributed by atoms with Crippen LogP contribution in [0.4, 0.5) is 5.69 Å². The molecular weight excluding hydrogens is 404 g/mol. The number of morpholine rings is 1. The van der Waals surface area contributed by atoms with E-state index in [1.165, 1.54) is 35.7 Å². The molecule has 0 radical (unpaired) electrons. The summed E-state index contributed by atoms with van der Waals surface area (Å²) in [5, 5.41) is 0. The summed E-state index contributed by atoms with van der Waals surface area (Å²) >= 11 is 0. The molecule has 10 heteroatoms. The first-order valence-corrected chi connectivity index (χ1v) is 11.5. The highest BCUT2D eigenvalue weighted by Gasteiger charge is 2.27. The highest BCUT2D eigenvalue weighted by molar-refractivity contribution is 7.92. The van der Waals surface area contributed by atoms with Gasteiger partial charge in [0.25, 0.3) is 10.0 Å². The number of methoxy groups -OCH3 is 1. The minimum Gasteiger partial charge on any atom is -0.380 e. The zero-order valence-corrected chi connectivity index (χ0v) is 17.0. The average Bonchev–Trinajstić information content (AvgIpc) is 2.70. The third-order valence-electron chi connectivity index (χ3n) is 4.30. The maximum Gasteiger partial charge on any atom is 0.261 e. The summed E-state index contributed by atoms with van der Waals surface area (Å²) in [5.74, 6) is 0. The molecule has 1 fully saturated rings. The Morgan fingerprint density at radius 2 is 1.57 bits per heavy atom. The number of hydrogen-bond donors (Lipinski definition) is 1. The Bertz CT molecular complexity index is 1010. The molecule has 8 nitrogen and oxygen atoms in total. The van der Waals surface area contributed by atoms with Crippen LogP contribution in [0.1, 0.15) is 5.56 Å².